The molecule has 0 atom stereocenters. The van der Waals surface area contributed by atoms with Crippen LogP contribution in [0, 0.1) is 0 Å². The molecule has 5 rings (SSSR count). The summed E-state index contributed by atoms with van der Waals surface area (Å²) in [4.78, 5) is 40.2. The fourth-order valence-corrected chi connectivity index (χ4v) is 5.95. The molecule has 0 spiro atoms. The average molecular weight is 508 g/mol. The van der Waals surface area contributed by atoms with Crippen LogP contribution in [0.15, 0.2) is 53.6 Å². The van der Waals surface area contributed by atoms with Crippen molar-refractivity contribution >= 4 is 63.1 Å². The van der Waals surface area contributed by atoms with E-state index in [4.69, 9.17) is 11.6 Å². The van der Waals surface area contributed by atoms with Gasteiger partial charge < -0.3 is 9.88 Å². The predicted molar refractivity (Wildman–Crippen MR) is 142 cm³/mol. The number of benzene rings is 2. The van der Waals surface area contributed by atoms with Gasteiger partial charge in [0.1, 0.15) is 6.54 Å². The number of carbonyl (C=O) groups is 3. The van der Waals surface area contributed by atoms with Gasteiger partial charge in [-0.05, 0) is 60.9 Å². The minimum Gasteiger partial charge on any atom is -0.352 e. The van der Waals surface area contributed by atoms with Crippen molar-refractivity contribution in [1.29, 1.82) is 0 Å². The van der Waals surface area contributed by atoms with Crippen LogP contribution in [-0.4, -0.2) is 27.7 Å². The molecule has 180 valence electrons. The zero-order chi connectivity index (χ0) is 24.5. The lowest BCUT2D eigenvalue weighted by atomic mass is 10.1. The molecule has 3 aromatic rings. The molecule has 2 aliphatic rings. The summed E-state index contributed by atoms with van der Waals surface area (Å²) < 4.78 is 1.96. The SMILES string of the molecule is CCc1cccc2c(/C=C3\SC(=O)N(c4cccc(Cl)c4)C3=O)cn(CC(=O)NC3CCCC3)c12. The third kappa shape index (κ3) is 4.75. The molecule has 2 heterocycles. The number of hydrogen-bond donors (Lipinski definition) is 1. The van der Waals surface area contributed by atoms with Crippen molar-refractivity contribution in [2.75, 3.05) is 4.90 Å². The van der Waals surface area contributed by atoms with Crippen LogP contribution in [0.3, 0.4) is 0 Å². The molecule has 8 heteroatoms. The van der Waals surface area contributed by atoms with E-state index in [1.165, 1.54) is 0 Å². The predicted octanol–water partition coefficient (Wildman–Crippen LogP) is 6.16. The van der Waals surface area contributed by atoms with Gasteiger partial charge >= 0.3 is 0 Å². The van der Waals surface area contributed by atoms with Gasteiger partial charge in [0.25, 0.3) is 11.1 Å². The Morgan fingerprint density at radius 3 is 2.69 bits per heavy atom. The van der Waals surface area contributed by atoms with Gasteiger partial charge in [-0.3, -0.25) is 14.4 Å². The number of aryl methyl sites for hydroxylation is 1. The van der Waals surface area contributed by atoms with Crippen molar-refractivity contribution in [3.05, 3.63) is 69.7 Å². The summed E-state index contributed by atoms with van der Waals surface area (Å²) in [6, 6.07) is 13.0. The number of aromatic nitrogens is 1. The Morgan fingerprint density at radius 1 is 1.17 bits per heavy atom. The zero-order valence-electron chi connectivity index (χ0n) is 19.4. The normalized spacial score (nSPS) is 17.8. The second-order valence-corrected chi connectivity index (χ2v) is 10.4. The maximum absolute atomic E-state index is 13.2. The molecule has 3 amide bonds. The summed E-state index contributed by atoms with van der Waals surface area (Å²) in [5, 5.41) is 4.20. The second-order valence-electron chi connectivity index (χ2n) is 8.93. The first-order valence-electron chi connectivity index (χ1n) is 11.9. The van der Waals surface area contributed by atoms with Crippen LogP contribution in [0.2, 0.25) is 5.02 Å². The van der Waals surface area contributed by atoms with Crippen molar-refractivity contribution in [2.24, 2.45) is 0 Å². The smallest absolute Gasteiger partial charge is 0.298 e. The number of nitrogens with zero attached hydrogens (tertiary/aromatic N) is 2. The van der Waals surface area contributed by atoms with Crippen molar-refractivity contribution in [1.82, 2.24) is 9.88 Å². The third-order valence-electron chi connectivity index (χ3n) is 6.57. The van der Waals surface area contributed by atoms with Gasteiger partial charge in [-0.25, -0.2) is 4.90 Å². The quantitative estimate of drug-likeness (QED) is 0.406. The Kier molecular flexibility index (Phi) is 6.71. The fraction of sp³-hybridized carbons (Fsp3) is 0.296. The lowest BCUT2D eigenvalue weighted by Gasteiger charge is -2.13. The monoisotopic (exact) mass is 507 g/mol. The number of anilines is 1. The Balaban J connectivity index is 1.49. The lowest BCUT2D eigenvalue weighted by molar-refractivity contribution is -0.122. The lowest BCUT2D eigenvalue weighted by Crippen LogP contribution is -2.35. The standard InChI is InChI=1S/C27H26ClN3O3S/c1-2-17-7-5-12-22-18(15-30(25(17)22)16-24(32)29-20-9-3-4-10-20)13-23-26(33)31(27(34)35-23)21-11-6-8-19(28)14-21/h5-8,11-15,20H,2-4,9-10,16H2,1H3,(H,29,32)/b23-13-. The van der Waals surface area contributed by atoms with Gasteiger partial charge in [-0.15, -0.1) is 0 Å². The molecule has 1 aliphatic heterocycles. The topological polar surface area (TPSA) is 71.4 Å². The molecule has 1 aromatic heterocycles. The molecule has 35 heavy (non-hydrogen) atoms. The molecule has 0 radical (unpaired) electrons. The van der Waals surface area contributed by atoms with Crippen molar-refractivity contribution in [3.8, 4) is 0 Å². The molecular formula is C27H26ClN3O3S. The largest absolute Gasteiger partial charge is 0.352 e. The summed E-state index contributed by atoms with van der Waals surface area (Å²) in [6.07, 6.45) is 8.86. The van der Waals surface area contributed by atoms with E-state index in [0.29, 0.717) is 15.6 Å². The number of thioether (sulfide) groups is 1. The highest BCUT2D eigenvalue weighted by Crippen LogP contribution is 2.38. The highest BCUT2D eigenvalue weighted by Gasteiger charge is 2.36. The summed E-state index contributed by atoms with van der Waals surface area (Å²) in [5.41, 5.74) is 3.36. The maximum Gasteiger partial charge on any atom is 0.298 e. The molecule has 1 N–H and O–H groups in total. The Morgan fingerprint density at radius 2 is 1.94 bits per heavy atom. The minimum atomic E-state index is -0.381. The molecule has 0 unspecified atom stereocenters. The fourth-order valence-electron chi connectivity index (χ4n) is 4.94. The number of nitrogens with one attached hydrogen (secondary N) is 1. The molecular weight excluding hydrogens is 482 g/mol. The number of rotatable bonds is 6. The number of halogens is 1. The Labute approximate surface area is 213 Å². The van der Waals surface area contributed by atoms with Gasteiger partial charge in [-0.1, -0.05) is 55.6 Å². The molecule has 6 nitrogen and oxygen atoms in total. The van der Waals surface area contributed by atoms with Crippen LogP contribution in [0.25, 0.3) is 17.0 Å². The number of imide groups is 1. The first kappa shape index (κ1) is 23.7. The van der Waals surface area contributed by atoms with Crippen LogP contribution >= 0.6 is 23.4 Å². The van der Waals surface area contributed by atoms with E-state index in [1.54, 1.807) is 30.3 Å². The summed E-state index contributed by atoms with van der Waals surface area (Å²) in [6.45, 7) is 2.29. The number of amides is 3. The van der Waals surface area contributed by atoms with Crippen molar-refractivity contribution < 1.29 is 14.4 Å². The maximum atomic E-state index is 13.2. The molecule has 1 aliphatic carbocycles. The molecule has 0 bridgehead atoms. The number of para-hydroxylation sites is 1. The van der Waals surface area contributed by atoms with Gasteiger partial charge in [0.15, 0.2) is 0 Å². The Hall–Kier alpha value is -3.03. The minimum absolute atomic E-state index is 0.00691. The van der Waals surface area contributed by atoms with Crippen molar-refractivity contribution in [2.45, 2.75) is 51.6 Å². The van der Waals surface area contributed by atoms with E-state index in [1.807, 2.05) is 22.9 Å². The summed E-state index contributed by atoms with van der Waals surface area (Å²) >= 11 is 6.98. The number of carbonyl (C=O) groups excluding carboxylic acids is 3. The van der Waals surface area contributed by atoms with Gasteiger partial charge in [-0.2, -0.15) is 0 Å². The van der Waals surface area contributed by atoms with E-state index in [9.17, 15) is 14.4 Å². The second kappa shape index (κ2) is 9.91. The van der Waals surface area contributed by atoms with Crippen LogP contribution in [-0.2, 0) is 22.6 Å². The van der Waals surface area contributed by atoms with Gasteiger partial charge in [0.05, 0.1) is 16.1 Å². The zero-order valence-corrected chi connectivity index (χ0v) is 21.0. The molecule has 2 fully saturated rings. The van der Waals surface area contributed by atoms with Crippen LogP contribution in [0.1, 0.15) is 43.7 Å². The highest BCUT2D eigenvalue weighted by atomic mass is 35.5. The van der Waals surface area contributed by atoms with Crippen LogP contribution < -0.4 is 10.2 Å². The molecule has 2 aromatic carbocycles. The number of fused-ring (bicyclic) bond motifs is 1. The van der Waals surface area contributed by atoms with E-state index in [-0.39, 0.29) is 29.6 Å². The summed E-state index contributed by atoms with van der Waals surface area (Å²) in [7, 11) is 0. The van der Waals surface area contributed by atoms with Crippen LogP contribution in [0.5, 0.6) is 0 Å². The molecule has 1 saturated carbocycles. The number of hydrogen-bond acceptors (Lipinski definition) is 4. The van der Waals surface area contributed by atoms with E-state index < -0.39 is 0 Å². The third-order valence-corrected chi connectivity index (χ3v) is 7.68. The van der Waals surface area contributed by atoms with Crippen molar-refractivity contribution in [3.63, 3.8) is 0 Å². The van der Waals surface area contributed by atoms with Crippen LogP contribution in [0.4, 0.5) is 10.5 Å². The van der Waals surface area contributed by atoms with E-state index >= 15 is 0 Å². The van der Waals surface area contributed by atoms with E-state index in [0.717, 1.165) is 70.8 Å². The average Bonchev–Trinajstić information content (AvgIpc) is 3.53. The molecule has 1 saturated heterocycles. The van der Waals surface area contributed by atoms with Gasteiger partial charge in [0.2, 0.25) is 5.91 Å². The summed E-state index contributed by atoms with van der Waals surface area (Å²) in [5.74, 6) is -0.388. The first-order chi connectivity index (χ1) is 16.9. The first-order valence-corrected chi connectivity index (χ1v) is 13.1. The Bertz CT molecular complexity index is 1360. The van der Waals surface area contributed by atoms with E-state index in [2.05, 4.69) is 18.3 Å². The highest BCUT2D eigenvalue weighted by molar-refractivity contribution is 8.19. The van der Waals surface area contributed by atoms with Gasteiger partial charge in [0, 0.05) is 28.2 Å².